The van der Waals surface area contributed by atoms with Gasteiger partial charge < -0.3 is 14.9 Å². The predicted octanol–water partition coefficient (Wildman–Crippen LogP) is 1.45. The van der Waals surface area contributed by atoms with Gasteiger partial charge in [-0.1, -0.05) is 0 Å². The molecule has 1 fully saturated rings. The van der Waals surface area contributed by atoms with Crippen LogP contribution in [-0.4, -0.2) is 50.5 Å². The highest BCUT2D eigenvalue weighted by Gasteiger charge is 2.24. The average Bonchev–Trinajstić information content (AvgIpc) is 3.29. The van der Waals surface area contributed by atoms with Gasteiger partial charge in [-0.15, -0.1) is 0 Å². The molecule has 4 heterocycles. The van der Waals surface area contributed by atoms with Gasteiger partial charge >= 0.3 is 5.97 Å². The fourth-order valence-corrected chi connectivity index (χ4v) is 3.51. The van der Waals surface area contributed by atoms with Gasteiger partial charge in [-0.2, -0.15) is 10.1 Å². The number of halogens is 1. The van der Waals surface area contributed by atoms with Gasteiger partial charge in [0.25, 0.3) is 0 Å². The van der Waals surface area contributed by atoms with Gasteiger partial charge in [0.05, 0.1) is 37.1 Å². The highest BCUT2D eigenvalue weighted by molar-refractivity contribution is 5.66. The summed E-state index contributed by atoms with van der Waals surface area (Å²) in [5.41, 5.74) is 1.77. The van der Waals surface area contributed by atoms with Crippen LogP contribution in [0, 0.1) is 5.82 Å². The molecule has 0 aliphatic carbocycles. The first kappa shape index (κ1) is 16.7. The van der Waals surface area contributed by atoms with E-state index in [1.807, 2.05) is 20.5 Å². The van der Waals surface area contributed by atoms with Crippen LogP contribution in [0.1, 0.15) is 30.7 Å². The van der Waals surface area contributed by atoms with Gasteiger partial charge in [-0.3, -0.25) is 9.48 Å². The van der Waals surface area contributed by atoms with E-state index in [2.05, 4.69) is 15.1 Å². The number of hydrogen-bond donors (Lipinski definition) is 1. The summed E-state index contributed by atoms with van der Waals surface area (Å²) >= 11 is 0. The molecule has 0 aromatic carbocycles. The minimum absolute atomic E-state index is 0.0699. The quantitative estimate of drug-likeness (QED) is 0.863. The van der Waals surface area contributed by atoms with Crippen LogP contribution in [0.5, 0.6) is 0 Å². The Kier molecular flexibility index (Phi) is 4.44. The number of carboxylic acid groups (broad SMARTS) is 1. The van der Waals surface area contributed by atoms with Crippen molar-refractivity contribution in [2.45, 2.75) is 38.8 Å². The van der Waals surface area contributed by atoms with Crippen LogP contribution in [0.3, 0.4) is 0 Å². The lowest BCUT2D eigenvalue weighted by Crippen LogP contribution is -2.35. The summed E-state index contributed by atoms with van der Waals surface area (Å²) in [5.74, 6) is -0.304. The highest BCUT2D eigenvalue weighted by Crippen LogP contribution is 2.25. The zero-order valence-corrected chi connectivity index (χ0v) is 14.4. The molecular weight excluding hydrogens is 339 g/mol. The molecule has 0 spiro atoms. The minimum Gasteiger partial charge on any atom is -0.481 e. The molecule has 2 aromatic rings. The summed E-state index contributed by atoms with van der Waals surface area (Å²) in [7, 11) is 0. The third-order valence-electron chi connectivity index (χ3n) is 4.84. The van der Waals surface area contributed by atoms with Crippen molar-refractivity contribution in [3.05, 3.63) is 29.5 Å². The summed E-state index contributed by atoms with van der Waals surface area (Å²) in [5, 5.41) is 13.3. The molecule has 0 saturated carbocycles. The number of aryl methyl sites for hydroxylation is 1. The van der Waals surface area contributed by atoms with Crippen molar-refractivity contribution < 1.29 is 14.3 Å². The lowest BCUT2D eigenvalue weighted by molar-refractivity contribution is -0.136. The molecule has 0 radical (unpaired) electrons. The fourth-order valence-electron chi connectivity index (χ4n) is 3.51. The van der Waals surface area contributed by atoms with E-state index >= 15 is 0 Å². The monoisotopic (exact) mass is 360 g/mol. The first-order chi connectivity index (χ1) is 12.6. The lowest BCUT2D eigenvalue weighted by Gasteiger charge is -2.28. The van der Waals surface area contributed by atoms with E-state index in [1.165, 1.54) is 6.20 Å². The number of carbonyl (C=O) groups is 1. The molecule has 26 heavy (non-hydrogen) atoms. The molecule has 4 rings (SSSR count). The van der Waals surface area contributed by atoms with Crippen LogP contribution in [-0.2, 0) is 24.3 Å². The van der Waals surface area contributed by atoms with Gasteiger partial charge in [0.2, 0.25) is 5.95 Å². The van der Waals surface area contributed by atoms with E-state index in [4.69, 9.17) is 5.11 Å². The first-order valence-corrected chi connectivity index (χ1v) is 8.90. The standard InChI is InChI=1S/C17H21FN6O2/c18-14-10-19-17(20-16(14)22-5-1-2-6-22)23-7-8-24-13(11-23)9-12(21-24)3-4-15(25)26/h9-10H,1-8,11H2,(H,25,26). The zero-order valence-electron chi connectivity index (χ0n) is 14.4. The van der Waals surface area contributed by atoms with Crippen molar-refractivity contribution in [3.8, 4) is 0 Å². The molecule has 0 atom stereocenters. The normalized spacial score (nSPS) is 16.8. The van der Waals surface area contributed by atoms with Gasteiger partial charge in [0, 0.05) is 26.1 Å². The molecular formula is C17H21FN6O2. The molecule has 9 heteroatoms. The van der Waals surface area contributed by atoms with Crippen LogP contribution in [0.2, 0.25) is 0 Å². The van der Waals surface area contributed by atoms with Crippen LogP contribution >= 0.6 is 0 Å². The van der Waals surface area contributed by atoms with Crippen molar-refractivity contribution in [1.82, 2.24) is 19.7 Å². The molecule has 0 unspecified atom stereocenters. The van der Waals surface area contributed by atoms with Crippen molar-refractivity contribution in [2.24, 2.45) is 0 Å². The molecule has 2 aliphatic rings. The van der Waals surface area contributed by atoms with Crippen LogP contribution in [0.25, 0.3) is 0 Å². The largest absolute Gasteiger partial charge is 0.481 e. The Balaban J connectivity index is 1.51. The number of carboxylic acids is 1. The third kappa shape index (κ3) is 3.33. The summed E-state index contributed by atoms with van der Waals surface area (Å²) in [6.45, 7) is 3.58. The van der Waals surface area contributed by atoms with Gasteiger partial charge in [-0.25, -0.2) is 9.37 Å². The molecule has 1 N–H and O–H groups in total. The Morgan fingerprint density at radius 1 is 1.19 bits per heavy atom. The van der Waals surface area contributed by atoms with Crippen molar-refractivity contribution in [3.63, 3.8) is 0 Å². The molecule has 0 amide bonds. The Bertz CT molecular complexity index is 818. The Morgan fingerprint density at radius 2 is 2.00 bits per heavy atom. The molecule has 8 nitrogen and oxygen atoms in total. The van der Waals surface area contributed by atoms with E-state index in [-0.39, 0.29) is 12.2 Å². The average molecular weight is 360 g/mol. The second kappa shape index (κ2) is 6.89. The number of aliphatic carboxylic acids is 1. The third-order valence-corrected chi connectivity index (χ3v) is 4.84. The van der Waals surface area contributed by atoms with E-state index in [1.54, 1.807) is 0 Å². The topological polar surface area (TPSA) is 87.4 Å². The Hall–Kier alpha value is -2.71. The van der Waals surface area contributed by atoms with Gasteiger partial charge in [-0.05, 0) is 18.9 Å². The number of nitrogens with zero attached hydrogens (tertiary/aromatic N) is 6. The summed E-state index contributed by atoms with van der Waals surface area (Å²) in [6.07, 6.45) is 3.85. The van der Waals surface area contributed by atoms with E-state index in [9.17, 15) is 9.18 Å². The van der Waals surface area contributed by atoms with Gasteiger partial charge in [0.15, 0.2) is 11.6 Å². The lowest BCUT2D eigenvalue weighted by atomic mass is 10.2. The molecule has 2 aliphatic heterocycles. The van der Waals surface area contributed by atoms with Crippen LogP contribution in [0.4, 0.5) is 16.2 Å². The Labute approximate surface area is 150 Å². The highest BCUT2D eigenvalue weighted by atomic mass is 19.1. The summed E-state index contributed by atoms with van der Waals surface area (Å²) < 4.78 is 16.0. The first-order valence-electron chi connectivity index (χ1n) is 8.90. The maximum atomic E-state index is 14.1. The number of rotatable bonds is 5. The second-order valence-electron chi connectivity index (χ2n) is 6.70. The predicted molar refractivity (Wildman–Crippen MR) is 92.7 cm³/mol. The smallest absolute Gasteiger partial charge is 0.303 e. The van der Waals surface area contributed by atoms with E-state index < -0.39 is 5.97 Å². The van der Waals surface area contributed by atoms with Crippen molar-refractivity contribution in [1.29, 1.82) is 0 Å². The Morgan fingerprint density at radius 3 is 2.77 bits per heavy atom. The second-order valence-corrected chi connectivity index (χ2v) is 6.70. The molecule has 0 bridgehead atoms. The zero-order chi connectivity index (χ0) is 18.1. The molecule has 2 aromatic heterocycles. The molecule has 138 valence electrons. The number of fused-ring (bicyclic) bond motifs is 1. The maximum Gasteiger partial charge on any atom is 0.303 e. The SMILES string of the molecule is O=C(O)CCc1cc2n(n1)CCN(c1ncc(F)c(N3CCCC3)n1)C2. The number of aromatic nitrogens is 4. The number of anilines is 2. The minimum atomic E-state index is -0.827. The van der Waals surface area contributed by atoms with Crippen LogP contribution in [0.15, 0.2) is 12.3 Å². The van der Waals surface area contributed by atoms with E-state index in [0.717, 1.165) is 37.3 Å². The van der Waals surface area contributed by atoms with Gasteiger partial charge in [0.1, 0.15) is 0 Å². The van der Waals surface area contributed by atoms with E-state index in [0.29, 0.717) is 37.8 Å². The maximum absolute atomic E-state index is 14.1. The summed E-state index contributed by atoms with van der Waals surface area (Å²) in [4.78, 5) is 23.4. The number of hydrogen-bond acceptors (Lipinski definition) is 6. The van der Waals surface area contributed by atoms with Crippen molar-refractivity contribution >= 4 is 17.7 Å². The summed E-state index contributed by atoms with van der Waals surface area (Å²) in [6, 6.07) is 1.93. The van der Waals surface area contributed by atoms with Crippen LogP contribution < -0.4 is 9.80 Å². The fraction of sp³-hybridized carbons (Fsp3) is 0.529. The molecule has 1 saturated heterocycles. The van der Waals surface area contributed by atoms with Crippen molar-refractivity contribution in [2.75, 3.05) is 29.4 Å².